The zero-order valence-electron chi connectivity index (χ0n) is 14.2. The Bertz CT molecular complexity index is 881. The zero-order chi connectivity index (χ0) is 18.8. The van der Waals surface area contributed by atoms with Crippen LogP contribution in [0, 0.1) is 0 Å². The first kappa shape index (κ1) is 19.8. The summed E-state index contributed by atoms with van der Waals surface area (Å²) in [6.45, 7) is 1.75. The van der Waals surface area contributed by atoms with Crippen molar-refractivity contribution < 1.29 is 13.2 Å². The summed E-state index contributed by atoms with van der Waals surface area (Å²) in [4.78, 5) is 16.5. The predicted octanol–water partition coefficient (Wildman–Crippen LogP) is 2.44. The third-order valence-electron chi connectivity index (χ3n) is 3.39. The van der Waals surface area contributed by atoms with Crippen molar-refractivity contribution in [3.05, 3.63) is 35.6 Å². The molecule has 1 N–H and O–H groups in total. The highest BCUT2D eigenvalue weighted by molar-refractivity contribution is 8.00. The van der Waals surface area contributed by atoms with Gasteiger partial charge in [-0.1, -0.05) is 23.4 Å². The second-order valence-electron chi connectivity index (χ2n) is 5.50. The van der Waals surface area contributed by atoms with E-state index in [1.54, 1.807) is 25.4 Å². The van der Waals surface area contributed by atoms with Gasteiger partial charge in [-0.25, -0.2) is 17.7 Å². The summed E-state index contributed by atoms with van der Waals surface area (Å²) < 4.78 is 27.5. The van der Waals surface area contributed by atoms with Crippen molar-refractivity contribution in [2.45, 2.75) is 22.2 Å². The smallest absolute Gasteiger partial charge is 0.244 e. The van der Waals surface area contributed by atoms with E-state index in [0.29, 0.717) is 5.69 Å². The van der Waals surface area contributed by atoms with E-state index in [1.165, 1.54) is 38.0 Å². The van der Waals surface area contributed by atoms with Crippen LogP contribution in [0.15, 0.2) is 40.6 Å². The molecular formula is C15H19ClN4O3S2. The van der Waals surface area contributed by atoms with Crippen LogP contribution < -0.4 is 5.32 Å². The molecule has 10 heteroatoms. The Morgan fingerprint density at radius 2 is 2.08 bits per heavy atom. The van der Waals surface area contributed by atoms with Gasteiger partial charge in [-0.15, -0.1) is 0 Å². The molecule has 2 aromatic rings. The number of benzene rings is 1. The summed E-state index contributed by atoms with van der Waals surface area (Å²) in [6, 6.07) is 4.37. The number of rotatable bonds is 6. The fourth-order valence-electron chi connectivity index (χ4n) is 1.90. The second kappa shape index (κ2) is 7.77. The van der Waals surface area contributed by atoms with Crippen molar-refractivity contribution in [1.82, 2.24) is 13.9 Å². The van der Waals surface area contributed by atoms with Gasteiger partial charge in [0, 0.05) is 39.2 Å². The summed E-state index contributed by atoms with van der Waals surface area (Å²) in [5.74, 6) is -0.261. The summed E-state index contributed by atoms with van der Waals surface area (Å²) in [6.07, 6.45) is 3.45. The average molecular weight is 403 g/mol. The maximum absolute atomic E-state index is 12.4. The number of halogens is 1. The van der Waals surface area contributed by atoms with Crippen molar-refractivity contribution in [1.29, 1.82) is 0 Å². The lowest BCUT2D eigenvalue weighted by atomic mass is 10.3. The lowest BCUT2D eigenvalue weighted by molar-refractivity contribution is -0.115. The van der Waals surface area contributed by atoms with Gasteiger partial charge in [0.25, 0.3) is 0 Å². The minimum absolute atomic E-state index is 0.0543. The van der Waals surface area contributed by atoms with Gasteiger partial charge >= 0.3 is 0 Å². The molecule has 0 aliphatic heterocycles. The molecule has 1 amide bonds. The summed E-state index contributed by atoms with van der Waals surface area (Å²) >= 11 is 7.31. The molecule has 136 valence electrons. The Balaban J connectivity index is 2.17. The van der Waals surface area contributed by atoms with E-state index >= 15 is 0 Å². The summed E-state index contributed by atoms with van der Waals surface area (Å²) in [5, 5.41) is 3.12. The minimum Gasteiger partial charge on any atom is -0.329 e. The number of aryl methyl sites for hydroxylation is 1. The number of hydrogen-bond donors (Lipinski definition) is 1. The predicted molar refractivity (Wildman–Crippen MR) is 99.5 cm³/mol. The Kier molecular flexibility index (Phi) is 6.15. The maximum atomic E-state index is 12.4. The standard InChI is InChI=1S/C15H19ClN4O3S2/c1-10(24-15-17-7-8-20(15)4)14(21)18-11-5-6-12(16)13(9-11)25(22,23)19(2)3/h5-10H,1-4H3,(H,18,21). The zero-order valence-corrected chi connectivity index (χ0v) is 16.6. The van der Waals surface area contributed by atoms with Gasteiger partial charge in [-0.2, -0.15) is 0 Å². The van der Waals surface area contributed by atoms with E-state index in [4.69, 9.17) is 11.6 Å². The van der Waals surface area contributed by atoms with Gasteiger partial charge < -0.3 is 9.88 Å². The molecule has 2 rings (SSSR count). The fraction of sp³-hybridized carbons (Fsp3) is 0.333. The van der Waals surface area contributed by atoms with Crippen molar-refractivity contribution in [3.63, 3.8) is 0 Å². The molecule has 0 fully saturated rings. The number of imidazole rings is 1. The Labute approximate surface area is 156 Å². The lowest BCUT2D eigenvalue weighted by Gasteiger charge is -2.15. The van der Waals surface area contributed by atoms with Crippen LogP contribution in [0.25, 0.3) is 0 Å². The molecule has 1 aromatic carbocycles. The molecule has 0 bridgehead atoms. The van der Waals surface area contributed by atoms with Gasteiger partial charge in [-0.05, 0) is 25.1 Å². The quantitative estimate of drug-likeness (QED) is 0.750. The highest BCUT2D eigenvalue weighted by atomic mass is 35.5. The van der Waals surface area contributed by atoms with E-state index in [-0.39, 0.29) is 15.8 Å². The topological polar surface area (TPSA) is 84.3 Å². The van der Waals surface area contributed by atoms with Crippen molar-refractivity contribution in [2.75, 3.05) is 19.4 Å². The number of carbonyl (C=O) groups excluding carboxylic acids is 1. The number of nitrogens with zero attached hydrogens (tertiary/aromatic N) is 3. The van der Waals surface area contributed by atoms with E-state index in [9.17, 15) is 13.2 Å². The second-order valence-corrected chi connectivity index (χ2v) is 9.34. The molecule has 0 aliphatic rings. The van der Waals surface area contributed by atoms with Crippen LogP contribution in [0.2, 0.25) is 5.02 Å². The van der Waals surface area contributed by atoms with Crippen molar-refractivity contribution in [2.24, 2.45) is 7.05 Å². The number of thioether (sulfide) groups is 1. The van der Waals surface area contributed by atoms with Crippen LogP contribution in [-0.4, -0.2) is 47.5 Å². The number of hydrogen-bond acceptors (Lipinski definition) is 5. The van der Waals surface area contributed by atoms with Crippen LogP contribution in [0.1, 0.15) is 6.92 Å². The first-order valence-corrected chi connectivity index (χ1v) is 9.99. The molecule has 1 aromatic heterocycles. The van der Waals surface area contributed by atoms with Gasteiger partial charge in [-0.3, -0.25) is 4.79 Å². The number of amides is 1. The molecule has 0 radical (unpaired) electrons. The first-order chi connectivity index (χ1) is 11.6. The van der Waals surface area contributed by atoms with Gasteiger partial charge in [0.1, 0.15) is 4.90 Å². The molecule has 0 saturated carbocycles. The van der Waals surface area contributed by atoms with Crippen LogP contribution >= 0.6 is 23.4 Å². The molecule has 7 nitrogen and oxygen atoms in total. The highest BCUT2D eigenvalue weighted by Gasteiger charge is 2.22. The van der Waals surface area contributed by atoms with Gasteiger partial charge in [0.15, 0.2) is 5.16 Å². The van der Waals surface area contributed by atoms with Crippen molar-refractivity contribution >= 4 is 45.0 Å². The largest absolute Gasteiger partial charge is 0.329 e. The number of aromatic nitrogens is 2. The molecule has 0 spiro atoms. The number of sulfonamides is 1. The van der Waals surface area contributed by atoms with Gasteiger partial charge in [0.05, 0.1) is 10.3 Å². The third-order valence-corrected chi connectivity index (χ3v) is 6.85. The van der Waals surface area contributed by atoms with Crippen LogP contribution in [-0.2, 0) is 21.9 Å². The van der Waals surface area contributed by atoms with Crippen LogP contribution in [0.5, 0.6) is 0 Å². The number of anilines is 1. The Morgan fingerprint density at radius 3 is 2.64 bits per heavy atom. The van der Waals surface area contributed by atoms with Crippen LogP contribution in [0.4, 0.5) is 5.69 Å². The minimum atomic E-state index is -3.70. The van der Waals surface area contributed by atoms with E-state index < -0.39 is 15.3 Å². The molecular weight excluding hydrogens is 384 g/mol. The van der Waals surface area contributed by atoms with Gasteiger partial charge in [0.2, 0.25) is 15.9 Å². The number of nitrogens with one attached hydrogen (secondary N) is 1. The number of carbonyl (C=O) groups is 1. The van der Waals surface area contributed by atoms with Crippen molar-refractivity contribution in [3.8, 4) is 0 Å². The highest BCUT2D eigenvalue weighted by Crippen LogP contribution is 2.28. The maximum Gasteiger partial charge on any atom is 0.244 e. The summed E-state index contributed by atoms with van der Waals surface area (Å²) in [5.41, 5.74) is 0.363. The summed E-state index contributed by atoms with van der Waals surface area (Å²) in [7, 11) is 0.982. The normalized spacial score (nSPS) is 13.0. The SMILES string of the molecule is CC(Sc1nccn1C)C(=O)Nc1ccc(Cl)c(S(=O)(=O)N(C)C)c1. The molecule has 0 saturated heterocycles. The van der Waals surface area contributed by atoms with E-state index in [1.807, 2.05) is 11.6 Å². The van der Waals surface area contributed by atoms with E-state index in [0.717, 1.165) is 9.46 Å². The molecule has 25 heavy (non-hydrogen) atoms. The fourth-order valence-corrected chi connectivity index (χ4v) is 4.12. The average Bonchev–Trinajstić information content (AvgIpc) is 2.93. The third kappa shape index (κ3) is 4.55. The Hall–Kier alpha value is -1.55. The molecule has 1 heterocycles. The molecule has 1 unspecified atom stereocenters. The first-order valence-electron chi connectivity index (χ1n) is 7.30. The lowest BCUT2D eigenvalue weighted by Crippen LogP contribution is -2.24. The molecule has 1 atom stereocenters. The molecule has 0 aliphatic carbocycles. The monoisotopic (exact) mass is 402 g/mol. The Morgan fingerprint density at radius 1 is 1.40 bits per heavy atom. The van der Waals surface area contributed by atoms with E-state index in [2.05, 4.69) is 10.3 Å². The van der Waals surface area contributed by atoms with Crippen LogP contribution in [0.3, 0.4) is 0 Å².